The van der Waals surface area contributed by atoms with E-state index in [-0.39, 0.29) is 73.0 Å². The highest BCUT2D eigenvalue weighted by atomic mass is 32.1. The number of furan rings is 1. The zero-order valence-corrected chi connectivity index (χ0v) is 88.0. The minimum absolute atomic E-state index is 0.00985. The van der Waals surface area contributed by atoms with Crippen molar-refractivity contribution in [2.75, 3.05) is 19.6 Å². The Morgan fingerprint density at radius 2 is 0.736 bits per heavy atom. The molecule has 3 aromatic heterocycles. The molecule has 1 unspecified atom stereocenters. The lowest BCUT2D eigenvalue weighted by Crippen LogP contribution is -2.61. The molecule has 5 nitrogen and oxygen atoms in total. The van der Waals surface area contributed by atoms with E-state index in [9.17, 15) is 0 Å². The summed E-state index contributed by atoms with van der Waals surface area (Å²) >= 11 is 4.07. The molecule has 9 heteroatoms. The van der Waals surface area contributed by atoms with E-state index in [0.717, 1.165) is 85.4 Å². The highest BCUT2D eigenvalue weighted by Crippen LogP contribution is 2.62. The van der Waals surface area contributed by atoms with Crippen LogP contribution in [0, 0.1) is 0 Å². The molecule has 7 heterocycles. The molecule has 14 aromatic carbocycles. The second-order valence-electron chi connectivity index (χ2n) is 51.1. The standard InChI is InChI=1S/C131H130B2N4OS2/c1-121(2,3)81-48-54-102-101(67-81)133-115-89-72-99-98(74-112(89)140-120(115)135(84-50-52-92-95(70-84)126(13,14)58-56-124(92,9)10)107-63-79(77-33-25-24-26-34-77)65-108(117(107)133)136(102)104-41-31-37-86-85-35-28-30-42-110(85)138-118(86)104)129(19,20)61-62-131(99,23)75-76-43-45-78(46-44-76)80-64-106-116-109(66-80)137(103-40-32-39-93-113(103)87-36-27-29-38-90(87)130(93,21)22)105-68-82(122(4,5)6)47-53-100(105)132(116)114-88-71-96-97(128(17,18)60-59-127(96,15)16)73-111(88)139-119(114)134(106)83-49-51-91-94(69-83)125(11,12)57-55-123(91,7)8/h24-54,63-74H,55-62,75H2,1-23H3. The van der Waals surface area contributed by atoms with Gasteiger partial charge in [-0.15, -0.1) is 22.7 Å². The summed E-state index contributed by atoms with van der Waals surface area (Å²) in [6.45, 7) is 56.8. The number of anilines is 12. The normalized spacial score (nSPS) is 19.4. The Labute approximate surface area is 838 Å². The van der Waals surface area contributed by atoms with Crippen LogP contribution in [0.2, 0.25) is 0 Å². The van der Waals surface area contributed by atoms with Crippen molar-refractivity contribution >= 4 is 178 Å². The number of thiophene rings is 2. The molecule has 1 atom stereocenters. The van der Waals surface area contributed by atoms with Gasteiger partial charge >= 0.3 is 0 Å². The molecule has 0 radical (unpaired) electrons. The molecule has 5 aliphatic carbocycles. The van der Waals surface area contributed by atoms with Crippen molar-refractivity contribution in [3.63, 3.8) is 0 Å². The van der Waals surface area contributed by atoms with Crippen LogP contribution in [-0.2, 0) is 66.0 Å². The van der Waals surface area contributed by atoms with E-state index in [0.29, 0.717) is 0 Å². The van der Waals surface area contributed by atoms with Crippen LogP contribution in [0.15, 0.2) is 265 Å². The van der Waals surface area contributed by atoms with Crippen LogP contribution in [0.4, 0.5) is 66.9 Å². The molecule has 0 N–H and O–H groups in total. The van der Waals surface area contributed by atoms with Gasteiger partial charge in [-0.3, -0.25) is 0 Å². The molecule has 0 spiro atoms. The number of hydrogen-bond donors (Lipinski definition) is 0. The number of hydrogen-bond acceptors (Lipinski definition) is 7. The topological polar surface area (TPSA) is 26.1 Å². The van der Waals surface area contributed by atoms with Crippen molar-refractivity contribution in [3.05, 3.63) is 333 Å². The van der Waals surface area contributed by atoms with Crippen LogP contribution in [-0.4, -0.2) is 13.4 Å². The number of fused-ring (bicyclic) bond motifs is 22. The second kappa shape index (κ2) is 29.4. The molecule has 26 rings (SSSR count). The van der Waals surface area contributed by atoms with Crippen molar-refractivity contribution in [3.8, 4) is 33.4 Å². The molecule has 9 aliphatic rings. The van der Waals surface area contributed by atoms with Gasteiger partial charge in [0.1, 0.15) is 5.58 Å². The molecule has 0 saturated carbocycles. The minimum Gasteiger partial charge on any atom is -0.454 e. The fourth-order valence-corrected chi connectivity index (χ4v) is 30.3. The summed E-state index contributed by atoms with van der Waals surface area (Å²) in [6, 6.07) is 105. The van der Waals surface area contributed by atoms with E-state index < -0.39 is 0 Å². The van der Waals surface area contributed by atoms with E-state index in [4.69, 9.17) is 4.42 Å². The van der Waals surface area contributed by atoms with Gasteiger partial charge in [-0.25, -0.2) is 0 Å². The molecule has 140 heavy (non-hydrogen) atoms. The van der Waals surface area contributed by atoms with Crippen molar-refractivity contribution in [2.24, 2.45) is 0 Å². The molecular weight excluding hydrogens is 1730 g/mol. The van der Waals surface area contributed by atoms with Crippen LogP contribution >= 0.6 is 22.7 Å². The molecule has 0 saturated heterocycles. The lowest BCUT2D eigenvalue weighted by molar-refractivity contribution is 0.311. The van der Waals surface area contributed by atoms with Gasteiger partial charge in [0.05, 0.1) is 21.4 Å². The smallest absolute Gasteiger partial charge is 0.254 e. The van der Waals surface area contributed by atoms with E-state index in [1.165, 1.54) is 220 Å². The Morgan fingerprint density at radius 3 is 1.31 bits per heavy atom. The average Bonchev–Trinajstić information content (AvgIpc) is 1.40. The lowest BCUT2D eigenvalue weighted by atomic mass is 9.33. The molecule has 17 aromatic rings. The van der Waals surface area contributed by atoms with Gasteiger partial charge < -0.3 is 24.0 Å². The maximum Gasteiger partial charge on any atom is 0.254 e. The fourth-order valence-electron chi connectivity index (χ4n) is 27.7. The van der Waals surface area contributed by atoms with Crippen LogP contribution < -0.4 is 52.4 Å². The van der Waals surface area contributed by atoms with E-state index in [2.05, 4.69) is 440 Å². The summed E-state index contributed by atoms with van der Waals surface area (Å²) in [5, 5.41) is 7.66. The molecule has 0 amide bonds. The number of nitrogens with zero attached hydrogens (tertiary/aromatic N) is 4. The summed E-state index contributed by atoms with van der Waals surface area (Å²) in [5.74, 6) is 0. The molecular formula is C131H130B2N4OS2. The highest BCUT2D eigenvalue weighted by molar-refractivity contribution is 7.27. The van der Waals surface area contributed by atoms with Gasteiger partial charge in [-0.2, -0.15) is 0 Å². The molecule has 4 aliphatic heterocycles. The lowest BCUT2D eigenvalue weighted by Gasteiger charge is -2.45. The van der Waals surface area contributed by atoms with Gasteiger partial charge in [0.15, 0.2) is 5.58 Å². The van der Waals surface area contributed by atoms with Crippen LogP contribution in [0.25, 0.3) is 75.5 Å². The predicted octanol–water partition coefficient (Wildman–Crippen LogP) is 33.0. The van der Waals surface area contributed by atoms with Gasteiger partial charge in [-0.1, -0.05) is 317 Å². The maximum absolute atomic E-state index is 7.21. The second-order valence-corrected chi connectivity index (χ2v) is 53.2. The van der Waals surface area contributed by atoms with E-state index in [1.54, 1.807) is 0 Å². The van der Waals surface area contributed by atoms with Crippen LogP contribution in [0.5, 0.6) is 0 Å². The van der Waals surface area contributed by atoms with Crippen LogP contribution in [0.3, 0.4) is 0 Å². The summed E-state index contributed by atoms with van der Waals surface area (Å²) in [5.41, 5.74) is 47.5. The maximum atomic E-state index is 7.21. The van der Waals surface area contributed by atoms with Crippen molar-refractivity contribution in [1.82, 2.24) is 0 Å². The highest BCUT2D eigenvalue weighted by Gasteiger charge is 2.54. The third-order valence-electron chi connectivity index (χ3n) is 36.5. The Balaban J connectivity index is 0.682. The fraction of sp³-hybridized carbons (Fsp3) is 0.328. The molecule has 698 valence electrons. The van der Waals surface area contributed by atoms with Crippen molar-refractivity contribution in [2.45, 2.75) is 277 Å². The first-order valence-corrected chi connectivity index (χ1v) is 53.8. The first kappa shape index (κ1) is 88.3. The predicted molar refractivity (Wildman–Crippen MR) is 604 cm³/mol. The van der Waals surface area contributed by atoms with Gasteiger partial charge in [-0.05, 0) is 359 Å². The summed E-state index contributed by atoms with van der Waals surface area (Å²) in [7, 11) is 0. The average molecular weight is 1860 g/mol. The third-order valence-corrected chi connectivity index (χ3v) is 38.8. The molecule has 0 bridgehead atoms. The summed E-state index contributed by atoms with van der Waals surface area (Å²) < 4.78 is 9.95. The van der Waals surface area contributed by atoms with Gasteiger partial charge in [0, 0.05) is 76.6 Å². The summed E-state index contributed by atoms with van der Waals surface area (Å²) in [6.07, 6.45) is 9.91. The Bertz CT molecular complexity index is 8240. The zero-order valence-electron chi connectivity index (χ0n) is 86.4. The Morgan fingerprint density at radius 1 is 0.293 bits per heavy atom. The quantitative estimate of drug-likeness (QED) is 0.141. The number of para-hydroxylation sites is 2. The van der Waals surface area contributed by atoms with Crippen molar-refractivity contribution in [1.29, 1.82) is 0 Å². The largest absolute Gasteiger partial charge is 0.454 e. The minimum atomic E-state index is -0.236. The van der Waals surface area contributed by atoms with Gasteiger partial charge in [0.25, 0.3) is 13.4 Å². The third kappa shape index (κ3) is 12.8. The SMILES string of the molecule is CC(C)(C)c1ccc2c(c1)B1c3c(cc(-c4ccccc4)cc3N2c2cccc3c2oc2ccccc23)N(c2ccc3c(c2)C(C)(C)CCC3(C)C)c2sc3cc4c(cc3c21)C(C)(Cc1ccc(-c2cc3c5c(c2)N(c2ccc6c(c2)C(C)(C)CCC6(C)C)c2sc6cc7c(cc6c2B5c2ccc(C(C)(C)C)cc2N3c2cccc3c2-c2ccccc2C3(C)C)C(C)(C)CCC7(C)C)cc1)CCC4(C)C. The van der Waals surface area contributed by atoms with Crippen LogP contribution in [0.1, 0.15) is 283 Å². The van der Waals surface area contributed by atoms with E-state index in [1.807, 2.05) is 22.7 Å². The first-order chi connectivity index (χ1) is 66.4. The zero-order chi connectivity index (χ0) is 96.8. The van der Waals surface area contributed by atoms with Crippen molar-refractivity contribution < 1.29 is 4.42 Å². The van der Waals surface area contributed by atoms with E-state index >= 15 is 0 Å². The Kier molecular flexibility index (Phi) is 18.6. The summed E-state index contributed by atoms with van der Waals surface area (Å²) in [4.78, 5) is 10.9. The van der Waals surface area contributed by atoms with Gasteiger partial charge in [0.2, 0.25) is 0 Å². The number of benzene rings is 14. The number of rotatable bonds is 8. The monoisotopic (exact) mass is 1860 g/mol. The Hall–Kier alpha value is -11.9. The molecule has 0 fully saturated rings. The first-order valence-electron chi connectivity index (χ1n) is 52.1.